The lowest BCUT2D eigenvalue weighted by molar-refractivity contribution is 0.131. The maximum Gasteiger partial charge on any atom is 0.274 e. The van der Waals surface area contributed by atoms with E-state index in [0.29, 0.717) is 12.1 Å². The van der Waals surface area contributed by atoms with E-state index >= 15 is 0 Å². The number of benzene rings is 1. The molecule has 1 fully saturated rings. The molecule has 0 spiro atoms. The fourth-order valence-corrected chi connectivity index (χ4v) is 3.33. The van der Waals surface area contributed by atoms with Gasteiger partial charge in [0.05, 0.1) is 0 Å². The van der Waals surface area contributed by atoms with E-state index in [9.17, 15) is 12.8 Å². The number of nitrogens with two attached hydrogens (primary N) is 1. The lowest BCUT2D eigenvalue weighted by Crippen LogP contribution is -2.43. The van der Waals surface area contributed by atoms with Crippen LogP contribution in [0.25, 0.3) is 0 Å². The molecule has 5 nitrogen and oxygen atoms in total. The molecule has 1 aromatic carbocycles. The number of hydrogen-bond donors (Lipinski definition) is 2. The highest BCUT2D eigenvalue weighted by Crippen LogP contribution is 2.27. The molecular formula is C14H22FN3O2S. The van der Waals surface area contributed by atoms with Gasteiger partial charge in [-0.1, -0.05) is 18.2 Å². The van der Waals surface area contributed by atoms with E-state index in [2.05, 4.69) is 9.62 Å². The van der Waals surface area contributed by atoms with Gasteiger partial charge in [0.15, 0.2) is 0 Å². The van der Waals surface area contributed by atoms with Gasteiger partial charge in [-0.25, -0.2) is 14.3 Å². The number of nitrogens with zero attached hydrogens (tertiary/aromatic N) is 1. The smallest absolute Gasteiger partial charge is 0.274 e. The van der Waals surface area contributed by atoms with Gasteiger partial charge in [-0.3, -0.25) is 4.90 Å². The number of likely N-dealkylation sites (tertiary alicyclic amines) is 1. The second kappa shape index (κ2) is 6.83. The molecule has 0 aliphatic carbocycles. The van der Waals surface area contributed by atoms with Crippen LogP contribution in [0.15, 0.2) is 24.3 Å². The average Bonchev–Trinajstić information content (AvgIpc) is 2.44. The summed E-state index contributed by atoms with van der Waals surface area (Å²) < 4.78 is 38.1. The van der Waals surface area contributed by atoms with Crippen molar-refractivity contribution in [1.29, 1.82) is 0 Å². The zero-order chi connectivity index (χ0) is 15.5. The molecule has 0 unspecified atom stereocenters. The first kappa shape index (κ1) is 16.4. The number of rotatable bonds is 5. The van der Waals surface area contributed by atoms with Crippen LogP contribution in [0.5, 0.6) is 0 Å². The third-order valence-electron chi connectivity index (χ3n) is 4.03. The summed E-state index contributed by atoms with van der Waals surface area (Å²) in [6.07, 6.45) is 1.92. The highest BCUT2D eigenvalue weighted by Gasteiger charge is 2.26. The summed E-state index contributed by atoms with van der Waals surface area (Å²) in [4.78, 5) is 2.19. The van der Waals surface area contributed by atoms with E-state index in [0.717, 1.165) is 25.9 Å². The van der Waals surface area contributed by atoms with Gasteiger partial charge < -0.3 is 0 Å². The van der Waals surface area contributed by atoms with Crippen molar-refractivity contribution in [3.63, 3.8) is 0 Å². The van der Waals surface area contributed by atoms with E-state index in [1.54, 1.807) is 12.1 Å². The highest BCUT2D eigenvalue weighted by molar-refractivity contribution is 7.87. The fraction of sp³-hybridized carbons (Fsp3) is 0.571. The predicted octanol–water partition coefficient (Wildman–Crippen LogP) is 1.39. The van der Waals surface area contributed by atoms with Crippen LogP contribution in [-0.2, 0) is 10.2 Å². The molecular weight excluding hydrogens is 293 g/mol. The lowest BCUT2D eigenvalue weighted by Gasteiger charge is -2.37. The van der Waals surface area contributed by atoms with Crippen LogP contribution >= 0.6 is 0 Å². The molecule has 1 heterocycles. The van der Waals surface area contributed by atoms with E-state index in [1.807, 2.05) is 13.0 Å². The fourth-order valence-electron chi connectivity index (χ4n) is 2.86. The van der Waals surface area contributed by atoms with Crippen molar-refractivity contribution in [3.05, 3.63) is 35.6 Å². The van der Waals surface area contributed by atoms with Crippen LogP contribution in [0.3, 0.4) is 0 Å². The van der Waals surface area contributed by atoms with Crippen molar-refractivity contribution >= 4 is 10.2 Å². The zero-order valence-electron chi connectivity index (χ0n) is 12.1. The Morgan fingerprint density at radius 2 is 2.19 bits per heavy atom. The normalized spacial score (nSPS) is 22.1. The standard InChI is InChI=1S/C14H22FN3O2S/c1-11(13-6-2-3-7-14(13)15)18-8-4-5-12(10-18)9-17-21(16,19)20/h2-3,6-7,11-12,17H,4-5,8-10H2,1H3,(H2,16,19,20)/t11-,12-/m0/s1. The van der Waals surface area contributed by atoms with Crippen LogP contribution in [0.1, 0.15) is 31.4 Å². The molecule has 0 aromatic heterocycles. The molecule has 1 saturated heterocycles. The molecule has 118 valence electrons. The summed E-state index contributed by atoms with van der Waals surface area (Å²) in [6, 6.07) is 6.75. The van der Waals surface area contributed by atoms with Gasteiger partial charge in [-0.2, -0.15) is 8.42 Å². The van der Waals surface area contributed by atoms with E-state index in [-0.39, 0.29) is 17.8 Å². The van der Waals surface area contributed by atoms with Crippen molar-refractivity contribution in [2.24, 2.45) is 11.1 Å². The molecule has 0 saturated carbocycles. The van der Waals surface area contributed by atoms with Gasteiger partial charge >= 0.3 is 0 Å². The molecule has 0 bridgehead atoms. The van der Waals surface area contributed by atoms with Gasteiger partial charge in [-0.05, 0) is 38.3 Å². The van der Waals surface area contributed by atoms with Gasteiger partial charge in [0.25, 0.3) is 10.2 Å². The molecule has 1 aliphatic heterocycles. The Morgan fingerprint density at radius 1 is 1.48 bits per heavy atom. The van der Waals surface area contributed by atoms with Gasteiger partial charge in [0.1, 0.15) is 5.82 Å². The van der Waals surface area contributed by atoms with Crippen LogP contribution in [0.2, 0.25) is 0 Å². The van der Waals surface area contributed by atoms with Crippen molar-refractivity contribution in [1.82, 2.24) is 9.62 Å². The molecule has 0 amide bonds. The minimum atomic E-state index is -3.65. The van der Waals surface area contributed by atoms with E-state index in [4.69, 9.17) is 5.14 Å². The predicted molar refractivity (Wildman–Crippen MR) is 80.2 cm³/mol. The Balaban J connectivity index is 1.99. The molecule has 3 N–H and O–H groups in total. The number of halogens is 1. The summed E-state index contributed by atoms with van der Waals surface area (Å²) >= 11 is 0. The van der Waals surface area contributed by atoms with E-state index in [1.165, 1.54) is 6.07 Å². The van der Waals surface area contributed by atoms with Crippen molar-refractivity contribution in [2.75, 3.05) is 19.6 Å². The number of piperidine rings is 1. The Kier molecular flexibility index (Phi) is 5.32. The van der Waals surface area contributed by atoms with E-state index < -0.39 is 10.2 Å². The molecule has 1 aromatic rings. The maximum atomic E-state index is 13.9. The van der Waals surface area contributed by atoms with Crippen LogP contribution in [0, 0.1) is 11.7 Å². The average molecular weight is 315 g/mol. The molecule has 7 heteroatoms. The Bertz CT molecular complexity index is 579. The topological polar surface area (TPSA) is 75.4 Å². The Hall–Kier alpha value is -1.02. The highest BCUT2D eigenvalue weighted by atomic mass is 32.2. The summed E-state index contributed by atoms with van der Waals surface area (Å²) in [5.41, 5.74) is 0.678. The lowest BCUT2D eigenvalue weighted by atomic mass is 9.95. The first-order chi connectivity index (χ1) is 9.87. The molecule has 1 aliphatic rings. The van der Waals surface area contributed by atoms with Crippen LogP contribution in [-0.4, -0.2) is 33.0 Å². The van der Waals surface area contributed by atoms with Gasteiger partial charge in [0.2, 0.25) is 0 Å². The number of nitrogens with one attached hydrogen (secondary N) is 1. The van der Waals surface area contributed by atoms with Crippen LogP contribution in [0.4, 0.5) is 4.39 Å². The largest absolute Gasteiger partial charge is 0.296 e. The third-order valence-corrected chi connectivity index (χ3v) is 4.60. The molecule has 21 heavy (non-hydrogen) atoms. The Morgan fingerprint density at radius 3 is 2.86 bits per heavy atom. The van der Waals surface area contributed by atoms with Crippen molar-refractivity contribution in [3.8, 4) is 0 Å². The number of hydrogen-bond acceptors (Lipinski definition) is 3. The summed E-state index contributed by atoms with van der Waals surface area (Å²) in [5.74, 6) is 0.00100. The third kappa shape index (κ3) is 4.74. The van der Waals surface area contributed by atoms with Crippen molar-refractivity contribution in [2.45, 2.75) is 25.8 Å². The molecule has 2 rings (SSSR count). The SMILES string of the molecule is C[C@@H](c1ccccc1F)N1CCC[C@@H](CNS(N)(=O)=O)C1. The van der Waals surface area contributed by atoms with Gasteiger partial charge in [-0.15, -0.1) is 0 Å². The maximum absolute atomic E-state index is 13.9. The second-order valence-electron chi connectivity index (χ2n) is 5.59. The zero-order valence-corrected chi connectivity index (χ0v) is 12.9. The molecule has 2 atom stereocenters. The summed E-state index contributed by atoms with van der Waals surface area (Å²) in [5, 5.41) is 4.96. The first-order valence-corrected chi connectivity index (χ1v) is 8.67. The summed E-state index contributed by atoms with van der Waals surface area (Å²) in [6.45, 7) is 3.94. The summed E-state index contributed by atoms with van der Waals surface area (Å²) in [7, 11) is -3.65. The molecule has 0 radical (unpaired) electrons. The van der Waals surface area contributed by atoms with Crippen LogP contribution < -0.4 is 9.86 Å². The Labute approximate surface area is 125 Å². The minimum absolute atomic E-state index is 0.0246. The quantitative estimate of drug-likeness (QED) is 0.862. The van der Waals surface area contributed by atoms with Crippen molar-refractivity contribution < 1.29 is 12.8 Å². The minimum Gasteiger partial charge on any atom is -0.296 e. The second-order valence-corrected chi connectivity index (χ2v) is 6.97. The monoisotopic (exact) mass is 315 g/mol. The first-order valence-electron chi connectivity index (χ1n) is 7.12. The van der Waals surface area contributed by atoms with Gasteiger partial charge in [0, 0.05) is 24.7 Å².